The van der Waals surface area contributed by atoms with Gasteiger partial charge in [0.2, 0.25) is 0 Å². The molecule has 1 unspecified atom stereocenters. The van der Waals surface area contributed by atoms with Gasteiger partial charge in [0.25, 0.3) is 0 Å². The van der Waals surface area contributed by atoms with Crippen LogP contribution < -0.4 is 4.90 Å². The fourth-order valence-corrected chi connectivity index (χ4v) is 3.14. The maximum Gasteiger partial charge on any atom is 0.103 e. The van der Waals surface area contributed by atoms with Crippen molar-refractivity contribution in [3.8, 4) is 6.07 Å². The molecule has 1 aliphatic rings. The predicted octanol–water partition coefficient (Wildman–Crippen LogP) is 3.02. The van der Waals surface area contributed by atoms with Crippen molar-refractivity contribution < 1.29 is 5.11 Å². The molecule has 0 spiro atoms. The lowest BCUT2D eigenvalue weighted by Crippen LogP contribution is -2.28. The molecule has 1 aromatic rings. The van der Waals surface area contributed by atoms with E-state index in [1.54, 1.807) is 11.8 Å². The van der Waals surface area contributed by atoms with Gasteiger partial charge in [0.15, 0.2) is 0 Å². The van der Waals surface area contributed by atoms with E-state index in [4.69, 9.17) is 0 Å². The zero-order chi connectivity index (χ0) is 13.9. The van der Waals surface area contributed by atoms with Crippen molar-refractivity contribution in [2.24, 2.45) is 0 Å². The van der Waals surface area contributed by atoms with Gasteiger partial charge in [-0.15, -0.1) is 11.8 Å². The van der Waals surface area contributed by atoms with Gasteiger partial charge < -0.3 is 10.0 Å². The maximum atomic E-state index is 10.2. The summed E-state index contributed by atoms with van der Waals surface area (Å²) in [6.45, 7) is 3.61. The van der Waals surface area contributed by atoms with Crippen molar-refractivity contribution in [2.75, 3.05) is 24.2 Å². The quantitative estimate of drug-likeness (QED) is 0.844. The van der Waals surface area contributed by atoms with E-state index >= 15 is 0 Å². The van der Waals surface area contributed by atoms with Gasteiger partial charge in [-0.2, -0.15) is 5.26 Å². The van der Waals surface area contributed by atoms with Gasteiger partial charge in [-0.3, -0.25) is 0 Å². The summed E-state index contributed by atoms with van der Waals surface area (Å²) in [5.74, 6) is 0. The Bertz CT molecular complexity index is 493. The number of hydrogen-bond donors (Lipinski definition) is 1. The van der Waals surface area contributed by atoms with Gasteiger partial charge in [-0.1, -0.05) is 6.07 Å². The number of nitriles is 1. The number of benzene rings is 1. The van der Waals surface area contributed by atoms with Crippen molar-refractivity contribution in [3.63, 3.8) is 0 Å². The number of nitrogens with zero attached hydrogens (tertiary/aromatic N) is 2. The van der Waals surface area contributed by atoms with Gasteiger partial charge in [0.1, 0.15) is 6.07 Å². The molecule has 1 saturated heterocycles. The molecule has 1 atom stereocenters. The molecular formula is C15H20N2OS. The average Bonchev–Trinajstić information content (AvgIpc) is 2.58. The minimum Gasteiger partial charge on any atom is -0.390 e. The van der Waals surface area contributed by atoms with Crippen LogP contribution in [0.5, 0.6) is 0 Å². The summed E-state index contributed by atoms with van der Waals surface area (Å²) >= 11 is 1.60. The lowest BCUT2D eigenvalue weighted by atomic mass is 9.98. The van der Waals surface area contributed by atoms with E-state index in [0.29, 0.717) is 0 Å². The summed E-state index contributed by atoms with van der Waals surface area (Å²) in [6.07, 6.45) is 4.53. The first-order valence-electron chi connectivity index (χ1n) is 6.62. The third kappa shape index (κ3) is 3.23. The highest BCUT2D eigenvalue weighted by atomic mass is 32.2. The van der Waals surface area contributed by atoms with Crippen LogP contribution in [0.15, 0.2) is 23.1 Å². The van der Waals surface area contributed by atoms with Crippen molar-refractivity contribution in [1.29, 1.82) is 5.26 Å². The van der Waals surface area contributed by atoms with Crippen molar-refractivity contribution in [3.05, 3.63) is 23.8 Å². The molecule has 19 heavy (non-hydrogen) atoms. The van der Waals surface area contributed by atoms with Gasteiger partial charge in [0.05, 0.1) is 16.9 Å². The lowest BCUT2D eigenvalue weighted by molar-refractivity contribution is 0.0481. The summed E-state index contributed by atoms with van der Waals surface area (Å²) in [5, 5.41) is 19.5. The fraction of sp³-hybridized carbons (Fsp3) is 0.533. The second-order valence-corrected chi connectivity index (χ2v) is 6.15. The number of aliphatic hydroxyl groups is 1. The number of thioether (sulfide) groups is 1. The largest absolute Gasteiger partial charge is 0.390 e. The summed E-state index contributed by atoms with van der Waals surface area (Å²) in [4.78, 5) is 3.26. The van der Waals surface area contributed by atoms with E-state index < -0.39 is 5.60 Å². The van der Waals surface area contributed by atoms with Crippen molar-refractivity contribution in [2.45, 2.75) is 36.7 Å². The molecule has 3 nitrogen and oxygen atoms in total. The monoisotopic (exact) mass is 276 g/mol. The van der Waals surface area contributed by atoms with Crippen LogP contribution in [0.1, 0.15) is 31.7 Å². The van der Waals surface area contributed by atoms with E-state index in [1.807, 2.05) is 31.4 Å². The highest BCUT2D eigenvalue weighted by molar-refractivity contribution is 7.98. The minimum absolute atomic E-state index is 0.571. The first-order valence-corrected chi connectivity index (χ1v) is 7.84. The molecule has 0 bridgehead atoms. The van der Waals surface area contributed by atoms with Crippen molar-refractivity contribution in [1.82, 2.24) is 0 Å². The molecule has 1 N–H and O–H groups in total. The van der Waals surface area contributed by atoms with Crippen LogP contribution in [0.25, 0.3) is 0 Å². The average molecular weight is 276 g/mol. The third-order valence-corrected chi connectivity index (χ3v) is 4.52. The Labute approximate surface area is 119 Å². The number of hydrogen-bond acceptors (Lipinski definition) is 4. The predicted molar refractivity (Wildman–Crippen MR) is 79.6 cm³/mol. The molecule has 0 aromatic heterocycles. The Morgan fingerprint density at radius 2 is 2.16 bits per heavy atom. The minimum atomic E-state index is -0.571. The van der Waals surface area contributed by atoms with Crippen LogP contribution in [-0.4, -0.2) is 30.1 Å². The maximum absolute atomic E-state index is 10.2. The van der Waals surface area contributed by atoms with Gasteiger partial charge in [-0.25, -0.2) is 0 Å². The third-order valence-electron chi connectivity index (χ3n) is 3.74. The Morgan fingerprint density at radius 3 is 2.84 bits per heavy atom. The van der Waals surface area contributed by atoms with E-state index in [0.717, 1.165) is 48.5 Å². The lowest BCUT2D eigenvalue weighted by Gasteiger charge is -2.25. The molecule has 1 aromatic carbocycles. The van der Waals surface area contributed by atoms with Crippen LogP contribution in [0.2, 0.25) is 0 Å². The standard InChI is InChI=1S/C15H20N2OS/c1-15(18)7-4-9-17(10-8-15)13-5-3-6-14(19-2)12(13)11-16/h3,5-6,18H,4,7-10H2,1-2H3. The second kappa shape index (κ2) is 5.85. The first kappa shape index (κ1) is 14.2. The molecular weight excluding hydrogens is 256 g/mol. The van der Waals surface area contributed by atoms with Crippen LogP contribution in [-0.2, 0) is 0 Å². The molecule has 4 heteroatoms. The summed E-state index contributed by atoms with van der Waals surface area (Å²) < 4.78 is 0. The Kier molecular flexibility index (Phi) is 4.38. The fourth-order valence-electron chi connectivity index (χ4n) is 2.57. The zero-order valence-corrected chi connectivity index (χ0v) is 12.3. The van der Waals surface area contributed by atoms with Crippen LogP contribution in [0, 0.1) is 11.3 Å². The Hall–Kier alpha value is -1.18. The van der Waals surface area contributed by atoms with Crippen molar-refractivity contribution >= 4 is 17.4 Å². The molecule has 1 aliphatic heterocycles. The van der Waals surface area contributed by atoms with Gasteiger partial charge >= 0.3 is 0 Å². The first-order chi connectivity index (χ1) is 9.07. The summed E-state index contributed by atoms with van der Waals surface area (Å²) in [7, 11) is 0. The van der Waals surface area contributed by atoms with Gasteiger partial charge in [-0.05, 0) is 44.6 Å². The number of rotatable bonds is 2. The van der Waals surface area contributed by atoms with E-state index in [1.165, 1.54) is 0 Å². The van der Waals surface area contributed by atoms with Crippen LogP contribution in [0.3, 0.4) is 0 Å². The molecule has 0 radical (unpaired) electrons. The smallest absolute Gasteiger partial charge is 0.103 e. The van der Waals surface area contributed by atoms with E-state index in [9.17, 15) is 10.4 Å². The molecule has 1 heterocycles. The Balaban J connectivity index is 2.29. The SMILES string of the molecule is CSc1cccc(N2CCCC(C)(O)CC2)c1C#N. The summed E-state index contributed by atoms with van der Waals surface area (Å²) in [6, 6.07) is 8.33. The Morgan fingerprint density at radius 1 is 1.37 bits per heavy atom. The normalized spacial score (nSPS) is 23.8. The summed E-state index contributed by atoms with van der Waals surface area (Å²) in [5.41, 5.74) is 1.20. The zero-order valence-electron chi connectivity index (χ0n) is 11.5. The topological polar surface area (TPSA) is 47.3 Å². The van der Waals surface area contributed by atoms with Gasteiger partial charge in [0, 0.05) is 18.0 Å². The highest BCUT2D eigenvalue weighted by Gasteiger charge is 2.26. The molecule has 0 aliphatic carbocycles. The van der Waals surface area contributed by atoms with E-state index in [2.05, 4.69) is 11.0 Å². The second-order valence-electron chi connectivity index (χ2n) is 5.30. The highest BCUT2D eigenvalue weighted by Crippen LogP contribution is 2.31. The molecule has 0 saturated carbocycles. The molecule has 1 fully saturated rings. The molecule has 0 amide bonds. The number of anilines is 1. The molecule has 102 valence electrons. The van der Waals surface area contributed by atoms with Crippen LogP contribution >= 0.6 is 11.8 Å². The molecule has 2 rings (SSSR count). The van der Waals surface area contributed by atoms with Crippen LogP contribution in [0.4, 0.5) is 5.69 Å². The van der Waals surface area contributed by atoms with E-state index in [-0.39, 0.29) is 0 Å².